The van der Waals surface area contributed by atoms with E-state index in [1.165, 1.54) is 18.3 Å². The molecule has 2 aromatic heterocycles. The third kappa shape index (κ3) is 3.47. The second-order valence-electron chi connectivity index (χ2n) is 5.45. The van der Waals surface area contributed by atoms with Crippen molar-refractivity contribution < 1.29 is 18.0 Å². The minimum absolute atomic E-state index is 0.0246. The van der Waals surface area contributed by atoms with E-state index in [1.54, 1.807) is 19.1 Å². The van der Waals surface area contributed by atoms with Crippen molar-refractivity contribution in [2.45, 2.75) is 19.6 Å². The predicted octanol–water partition coefficient (Wildman–Crippen LogP) is 4.70. The molecule has 3 aromatic rings. The zero-order chi connectivity index (χ0) is 19.1. The van der Waals surface area contributed by atoms with Crippen molar-refractivity contribution in [1.82, 2.24) is 14.5 Å². The Bertz CT molecular complexity index is 1000. The van der Waals surface area contributed by atoms with Gasteiger partial charge in [-0.2, -0.15) is 13.2 Å². The number of imidazole rings is 1. The molecule has 5 nitrogen and oxygen atoms in total. The van der Waals surface area contributed by atoms with Crippen molar-refractivity contribution in [3.05, 3.63) is 51.9 Å². The smallest absolute Gasteiger partial charge is 0.311 e. The number of para-hydroxylation sites is 2. The van der Waals surface area contributed by atoms with Gasteiger partial charge in [0.2, 0.25) is 11.7 Å². The molecule has 0 bridgehead atoms. The van der Waals surface area contributed by atoms with Gasteiger partial charge < -0.3 is 9.88 Å². The molecular weight excluding hydrogens is 392 g/mol. The van der Waals surface area contributed by atoms with Crippen molar-refractivity contribution in [2.24, 2.45) is 0 Å². The fourth-order valence-electron chi connectivity index (χ4n) is 2.41. The fraction of sp³-hybridized carbons (Fsp3) is 0.188. The highest BCUT2D eigenvalue weighted by molar-refractivity contribution is 6.37. The Balaban J connectivity index is 1.94. The normalized spacial score (nSPS) is 11.8. The lowest BCUT2D eigenvalue weighted by Crippen LogP contribution is -2.24. The molecule has 0 saturated heterocycles. The molecule has 26 heavy (non-hydrogen) atoms. The fourth-order valence-corrected chi connectivity index (χ4v) is 2.80. The molecule has 1 aromatic carbocycles. The number of nitrogens with one attached hydrogen (secondary N) is 1. The summed E-state index contributed by atoms with van der Waals surface area (Å²) in [6.07, 6.45) is -3.40. The standard InChI is InChI=1S/C16H11Cl2F3N4O/c1-8-9(17)6-22-14(13(8)18)24-12(26)7-25-11-5-3-2-4-10(11)23-15(25)16(19,20)21/h2-6H,7H2,1H3,(H,22,24,26). The highest BCUT2D eigenvalue weighted by atomic mass is 35.5. The van der Waals surface area contributed by atoms with E-state index in [-0.39, 0.29) is 21.9 Å². The van der Waals surface area contributed by atoms with Gasteiger partial charge in [0.25, 0.3) is 0 Å². The maximum atomic E-state index is 13.3. The number of anilines is 1. The molecule has 10 heteroatoms. The Labute approximate surface area is 155 Å². The summed E-state index contributed by atoms with van der Waals surface area (Å²) in [5, 5.41) is 2.84. The van der Waals surface area contributed by atoms with Crippen LogP contribution in [0, 0.1) is 6.92 Å². The van der Waals surface area contributed by atoms with Gasteiger partial charge in [-0.1, -0.05) is 35.3 Å². The van der Waals surface area contributed by atoms with Crippen molar-refractivity contribution in [3.8, 4) is 0 Å². The summed E-state index contributed by atoms with van der Waals surface area (Å²) < 4.78 is 40.6. The molecule has 0 radical (unpaired) electrons. The van der Waals surface area contributed by atoms with Crippen LogP contribution in [0.15, 0.2) is 30.5 Å². The van der Waals surface area contributed by atoms with E-state index >= 15 is 0 Å². The number of nitrogens with zero attached hydrogens (tertiary/aromatic N) is 3. The van der Waals surface area contributed by atoms with E-state index in [1.807, 2.05) is 0 Å². The van der Waals surface area contributed by atoms with Gasteiger partial charge in [-0.15, -0.1) is 0 Å². The Hall–Kier alpha value is -2.32. The van der Waals surface area contributed by atoms with Gasteiger partial charge in [0.15, 0.2) is 5.82 Å². The number of amides is 1. The van der Waals surface area contributed by atoms with Gasteiger partial charge in [-0.3, -0.25) is 4.79 Å². The molecule has 1 amide bonds. The molecule has 0 unspecified atom stereocenters. The molecule has 0 aliphatic rings. The maximum Gasteiger partial charge on any atom is 0.449 e. The largest absolute Gasteiger partial charge is 0.449 e. The number of fused-ring (bicyclic) bond motifs is 1. The molecule has 2 heterocycles. The van der Waals surface area contributed by atoms with E-state index in [9.17, 15) is 18.0 Å². The summed E-state index contributed by atoms with van der Waals surface area (Å²) in [6, 6.07) is 6.04. The lowest BCUT2D eigenvalue weighted by Gasteiger charge is -2.12. The van der Waals surface area contributed by atoms with Crippen LogP contribution < -0.4 is 5.32 Å². The van der Waals surface area contributed by atoms with Crippen LogP contribution in [0.2, 0.25) is 10.0 Å². The predicted molar refractivity (Wildman–Crippen MR) is 92.4 cm³/mol. The van der Waals surface area contributed by atoms with Gasteiger partial charge >= 0.3 is 6.18 Å². The minimum atomic E-state index is -4.70. The first-order valence-electron chi connectivity index (χ1n) is 7.31. The number of aromatic nitrogens is 3. The van der Waals surface area contributed by atoms with E-state index in [0.717, 1.165) is 4.57 Å². The number of halogens is 5. The summed E-state index contributed by atoms with van der Waals surface area (Å²) in [4.78, 5) is 19.8. The monoisotopic (exact) mass is 402 g/mol. The third-order valence-electron chi connectivity index (χ3n) is 3.67. The zero-order valence-corrected chi connectivity index (χ0v) is 14.7. The minimum Gasteiger partial charge on any atom is -0.311 e. The lowest BCUT2D eigenvalue weighted by molar-refractivity contribution is -0.147. The van der Waals surface area contributed by atoms with Crippen LogP contribution >= 0.6 is 23.2 Å². The van der Waals surface area contributed by atoms with Gasteiger partial charge in [-0.25, -0.2) is 9.97 Å². The Morgan fingerprint density at radius 2 is 1.96 bits per heavy atom. The first-order valence-corrected chi connectivity index (χ1v) is 8.07. The second kappa shape index (κ2) is 6.77. The molecule has 1 N–H and O–H groups in total. The lowest BCUT2D eigenvalue weighted by atomic mass is 10.3. The van der Waals surface area contributed by atoms with Crippen molar-refractivity contribution in [1.29, 1.82) is 0 Å². The van der Waals surface area contributed by atoms with Crippen molar-refractivity contribution >= 4 is 46.0 Å². The third-order valence-corrected chi connectivity index (χ3v) is 4.51. The zero-order valence-electron chi connectivity index (χ0n) is 13.2. The molecule has 0 saturated carbocycles. The number of hydrogen-bond donors (Lipinski definition) is 1. The first-order chi connectivity index (χ1) is 12.2. The summed E-state index contributed by atoms with van der Waals surface area (Å²) in [5.41, 5.74) is 0.843. The van der Waals surface area contributed by atoms with Crippen LogP contribution in [-0.2, 0) is 17.5 Å². The summed E-state index contributed by atoms with van der Waals surface area (Å²) in [6.45, 7) is 1.03. The summed E-state index contributed by atoms with van der Waals surface area (Å²) in [5.74, 6) is -1.86. The molecule has 0 aliphatic heterocycles. The topological polar surface area (TPSA) is 59.8 Å². The average Bonchev–Trinajstić information content (AvgIpc) is 2.94. The van der Waals surface area contributed by atoms with Crippen LogP contribution in [0.5, 0.6) is 0 Å². The number of carbonyl (C=O) groups excluding carboxylic acids is 1. The second-order valence-corrected chi connectivity index (χ2v) is 6.24. The van der Waals surface area contributed by atoms with Crippen LogP contribution in [0.1, 0.15) is 11.4 Å². The van der Waals surface area contributed by atoms with E-state index < -0.39 is 24.5 Å². The Morgan fingerprint density at radius 1 is 1.27 bits per heavy atom. The number of carbonyl (C=O) groups is 1. The maximum absolute atomic E-state index is 13.3. The van der Waals surface area contributed by atoms with E-state index in [2.05, 4.69) is 15.3 Å². The number of hydrogen-bond acceptors (Lipinski definition) is 3. The quantitative estimate of drug-likeness (QED) is 0.690. The average molecular weight is 403 g/mol. The van der Waals surface area contributed by atoms with Gasteiger partial charge in [-0.05, 0) is 24.6 Å². The van der Waals surface area contributed by atoms with Crippen LogP contribution in [0.25, 0.3) is 11.0 Å². The molecule has 0 spiro atoms. The van der Waals surface area contributed by atoms with Crippen LogP contribution in [-0.4, -0.2) is 20.4 Å². The molecule has 0 fully saturated rings. The van der Waals surface area contributed by atoms with Crippen LogP contribution in [0.4, 0.5) is 19.0 Å². The molecule has 0 aliphatic carbocycles. The Morgan fingerprint density at radius 3 is 2.65 bits per heavy atom. The highest BCUT2D eigenvalue weighted by Gasteiger charge is 2.38. The van der Waals surface area contributed by atoms with E-state index in [4.69, 9.17) is 23.2 Å². The molecule has 3 rings (SSSR count). The molecular formula is C16H11Cl2F3N4O. The van der Waals surface area contributed by atoms with Crippen LogP contribution in [0.3, 0.4) is 0 Å². The molecule has 0 atom stereocenters. The highest BCUT2D eigenvalue weighted by Crippen LogP contribution is 2.32. The Kier molecular flexibility index (Phi) is 4.81. The van der Waals surface area contributed by atoms with E-state index in [0.29, 0.717) is 10.6 Å². The number of pyridine rings is 1. The van der Waals surface area contributed by atoms with Crippen molar-refractivity contribution in [2.75, 3.05) is 5.32 Å². The SMILES string of the molecule is Cc1c(Cl)cnc(NC(=O)Cn2c(C(F)(F)F)nc3ccccc32)c1Cl. The van der Waals surface area contributed by atoms with Crippen molar-refractivity contribution in [3.63, 3.8) is 0 Å². The summed E-state index contributed by atoms with van der Waals surface area (Å²) in [7, 11) is 0. The van der Waals surface area contributed by atoms with Gasteiger partial charge in [0.1, 0.15) is 6.54 Å². The first kappa shape index (κ1) is 18.5. The number of benzene rings is 1. The number of rotatable bonds is 3. The number of alkyl halides is 3. The van der Waals surface area contributed by atoms with Gasteiger partial charge in [0, 0.05) is 6.20 Å². The van der Waals surface area contributed by atoms with Gasteiger partial charge in [0.05, 0.1) is 21.1 Å². The molecule has 136 valence electrons. The summed E-state index contributed by atoms with van der Waals surface area (Å²) >= 11 is 11.9.